The van der Waals surface area contributed by atoms with Gasteiger partial charge in [-0.3, -0.25) is 9.69 Å². The molecule has 0 spiro atoms. The second-order valence-corrected chi connectivity index (χ2v) is 5.79. The second-order valence-electron chi connectivity index (χ2n) is 5.79. The molecule has 1 atom stereocenters. The summed E-state index contributed by atoms with van der Waals surface area (Å²) in [5, 5.41) is 10.1. The minimum absolute atomic E-state index is 0.0605. The fourth-order valence-corrected chi connectivity index (χ4v) is 3.36. The maximum Gasteiger partial charge on any atom is 0.257 e. The second kappa shape index (κ2) is 5.93. The first-order valence-electron chi connectivity index (χ1n) is 7.60. The molecule has 2 fully saturated rings. The third-order valence-electron chi connectivity index (χ3n) is 4.56. The number of nitrogens with zero attached hydrogens (tertiary/aromatic N) is 2. The fraction of sp³-hybridized carbons (Fsp3) is 0.562. The largest absolute Gasteiger partial charge is 0.504 e. The number of para-hydroxylation sites is 1. The van der Waals surface area contributed by atoms with Gasteiger partial charge in [-0.15, -0.1) is 0 Å². The summed E-state index contributed by atoms with van der Waals surface area (Å²) in [6.07, 6.45) is 3.55. The molecule has 3 rings (SSSR count). The Hall–Kier alpha value is -1.75. The molecular weight excluding hydrogens is 268 g/mol. The van der Waals surface area contributed by atoms with Crippen molar-refractivity contribution >= 4 is 5.91 Å². The van der Waals surface area contributed by atoms with Gasteiger partial charge in [0.05, 0.1) is 12.7 Å². The Balaban J connectivity index is 1.71. The number of methoxy groups -OCH3 is 1. The number of hydrogen-bond donors (Lipinski definition) is 1. The molecule has 2 saturated heterocycles. The Morgan fingerprint density at radius 3 is 2.76 bits per heavy atom. The van der Waals surface area contributed by atoms with Crippen molar-refractivity contribution in [2.75, 3.05) is 33.3 Å². The summed E-state index contributed by atoms with van der Waals surface area (Å²) in [7, 11) is 1.49. The number of aromatic hydroxyl groups is 1. The van der Waals surface area contributed by atoms with E-state index in [9.17, 15) is 9.90 Å². The molecular formula is C16H22N2O3. The van der Waals surface area contributed by atoms with Gasteiger partial charge in [0.2, 0.25) is 0 Å². The number of carbonyl (C=O) groups excluding carboxylic acids is 1. The summed E-state index contributed by atoms with van der Waals surface area (Å²) < 4.78 is 5.07. The van der Waals surface area contributed by atoms with E-state index in [-0.39, 0.29) is 11.7 Å². The van der Waals surface area contributed by atoms with Crippen LogP contribution < -0.4 is 4.74 Å². The quantitative estimate of drug-likeness (QED) is 0.921. The van der Waals surface area contributed by atoms with Crippen molar-refractivity contribution in [1.29, 1.82) is 0 Å². The average molecular weight is 290 g/mol. The zero-order valence-corrected chi connectivity index (χ0v) is 12.4. The van der Waals surface area contributed by atoms with Crippen molar-refractivity contribution in [2.45, 2.75) is 25.3 Å². The number of amides is 1. The number of likely N-dealkylation sites (tertiary alicyclic amines) is 2. The monoisotopic (exact) mass is 290 g/mol. The lowest BCUT2D eigenvalue weighted by atomic mass is 10.1. The zero-order valence-electron chi connectivity index (χ0n) is 12.4. The third-order valence-corrected chi connectivity index (χ3v) is 4.56. The van der Waals surface area contributed by atoms with Gasteiger partial charge >= 0.3 is 0 Å². The number of benzene rings is 1. The first-order valence-corrected chi connectivity index (χ1v) is 7.60. The summed E-state index contributed by atoms with van der Waals surface area (Å²) in [5.41, 5.74) is 0.330. The maximum atomic E-state index is 12.6. The standard InChI is InChI=1S/C16H22N2O3/c1-21-14-6-4-5-13(15(14)19)16(20)18-10-7-12(11-18)17-8-2-3-9-17/h4-6,12,19H,2-3,7-11H2,1H3. The molecule has 21 heavy (non-hydrogen) atoms. The van der Waals surface area contributed by atoms with E-state index < -0.39 is 0 Å². The summed E-state index contributed by atoms with van der Waals surface area (Å²) in [5.74, 6) is 0.179. The van der Waals surface area contributed by atoms with Crippen LogP contribution in [0.4, 0.5) is 0 Å². The van der Waals surface area contributed by atoms with Gasteiger partial charge in [-0.1, -0.05) is 6.07 Å². The average Bonchev–Trinajstić information content (AvgIpc) is 3.17. The predicted octanol–water partition coefficient (Wildman–Crippen LogP) is 1.71. The molecule has 5 nitrogen and oxygen atoms in total. The molecule has 5 heteroatoms. The van der Waals surface area contributed by atoms with E-state index in [0.717, 1.165) is 32.6 Å². The maximum absolute atomic E-state index is 12.6. The predicted molar refractivity (Wildman–Crippen MR) is 79.8 cm³/mol. The molecule has 1 aromatic carbocycles. The van der Waals surface area contributed by atoms with Crippen LogP contribution in [0.15, 0.2) is 18.2 Å². The van der Waals surface area contributed by atoms with E-state index in [0.29, 0.717) is 17.4 Å². The van der Waals surface area contributed by atoms with E-state index in [2.05, 4.69) is 4.90 Å². The van der Waals surface area contributed by atoms with Crippen molar-refractivity contribution < 1.29 is 14.6 Å². The minimum Gasteiger partial charge on any atom is -0.504 e. The third kappa shape index (κ3) is 2.70. The molecule has 0 aliphatic carbocycles. The molecule has 1 unspecified atom stereocenters. The van der Waals surface area contributed by atoms with Crippen molar-refractivity contribution in [3.05, 3.63) is 23.8 Å². The van der Waals surface area contributed by atoms with Crippen LogP contribution in [-0.4, -0.2) is 60.1 Å². The van der Waals surface area contributed by atoms with E-state index in [1.165, 1.54) is 20.0 Å². The Morgan fingerprint density at radius 1 is 1.29 bits per heavy atom. The van der Waals surface area contributed by atoms with Crippen molar-refractivity contribution in [3.8, 4) is 11.5 Å². The number of phenols is 1. The fourth-order valence-electron chi connectivity index (χ4n) is 3.36. The SMILES string of the molecule is COc1cccc(C(=O)N2CCC(N3CCCC3)C2)c1O. The van der Waals surface area contributed by atoms with E-state index in [1.807, 2.05) is 4.90 Å². The topological polar surface area (TPSA) is 53.0 Å². The van der Waals surface area contributed by atoms with Crippen molar-refractivity contribution in [3.63, 3.8) is 0 Å². The van der Waals surface area contributed by atoms with Crippen LogP contribution in [0, 0.1) is 0 Å². The molecule has 114 valence electrons. The molecule has 1 N–H and O–H groups in total. The molecule has 0 aromatic heterocycles. The molecule has 2 aliphatic heterocycles. The molecule has 0 radical (unpaired) electrons. The van der Waals surface area contributed by atoms with E-state index in [4.69, 9.17) is 4.74 Å². The van der Waals surface area contributed by atoms with Crippen LogP contribution in [0.2, 0.25) is 0 Å². The Morgan fingerprint density at radius 2 is 2.05 bits per heavy atom. The Kier molecular flexibility index (Phi) is 4.01. The number of rotatable bonds is 3. The molecule has 1 aromatic rings. The number of hydrogen-bond acceptors (Lipinski definition) is 4. The number of ether oxygens (including phenoxy) is 1. The molecule has 1 amide bonds. The molecule has 0 saturated carbocycles. The lowest BCUT2D eigenvalue weighted by Crippen LogP contribution is -2.37. The van der Waals surface area contributed by atoms with Crippen LogP contribution in [0.3, 0.4) is 0 Å². The summed E-state index contributed by atoms with van der Waals surface area (Å²) in [6, 6.07) is 5.52. The highest BCUT2D eigenvalue weighted by molar-refractivity contribution is 5.97. The summed E-state index contributed by atoms with van der Waals surface area (Å²) in [4.78, 5) is 16.9. The summed E-state index contributed by atoms with van der Waals surface area (Å²) >= 11 is 0. The van der Waals surface area contributed by atoms with Gasteiger partial charge in [0.25, 0.3) is 5.91 Å². The highest BCUT2D eigenvalue weighted by Gasteiger charge is 2.32. The highest BCUT2D eigenvalue weighted by Crippen LogP contribution is 2.31. The van der Waals surface area contributed by atoms with Gasteiger partial charge in [0, 0.05) is 19.1 Å². The van der Waals surface area contributed by atoms with Gasteiger partial charge in [0.1, 0.15) is 0 Å². The first-order chi connectivity index (χ1) is 10.2. The van der Waals surface area contributed by atoms with Gasteiger partial charge in [-0.2, -0.15) is 0 Å². The Bertz CT molecular complexity index is 526. The van der Waals surface area contributed by atoms with Gasteiger partial charge < -0.3 is 14.7 Å². The van der Waals surface area contributed by atoms with Crippen LogP contribution in [0.1, 0.15) is 29.6 Å². The normalized spacial score (nSPS) is 22.7. The Labute approximate surface area is 125 Å². The zero-order chi connectivity index (χ0) is 14.8. The minimum atomic E-state index is -0.104. The lowest BCUT2D eigenvalue weighted by Gasteiger charge is -2.23. The smallest absolute Gasteiger partial charge is 0.257 e. The van der Waals surface area contributed by atoms with Gasteiger partial charge in [-0.05, 0) is 44.5 Å². The molecule has 2 heterocycles. The van der Waals surface area contributed by atoms with Gasteiger partial charge in [0.15, 0.2) is 11.5 Å². The highest BCUT2D eigenvalue weighted by atomic mass is 16.5. The van der Waals surface area contributed by atoms with Crippen LogP contribution in [-0.2, 0) is 0 Å². The number of carbonyl (C=O) groups is 1. The molecule has 0 bridgehead atoms. The van der Waals surface area contributed by atoms with E-state index >= 15 is 0 Å². The lowest BCUT2D eigenvalue weighted by molar-refractivity contribution is 0.0776. The summed E-state index contributed by atoms with van der Waals surface area (Å²) in [6.45, 7) is 3.82. The van der Waals surface area contributed by atoms with Crippen LogP contribution in [0.25, 0.3) is 0 Å². The molecule has 2 aliphatic rings. The first kappa shape index (κ1) is 14.2. The van der Waals surface area contributed by atoms with Crippen LogP contribution >= 0.6 is 0 Å². The van der Waals surface area contributed by atoms with Gasteiger partial charge in [-0.25, -0.2) is 0 Å². The van der Waals surface area contributed by atoms with Crippen LogP contribution in [0.5, 0.6) is 11.5 Å². The van der Waals surface area contributed by atoms with Crippen molar-refractivity contribution in [1.82, 2.24) is 9.80 Å². The van der Waals surface area contributed by atoms with E-state index in [1.54, 1.807) is 18.2 Å². The number of phenolic OH excluding ortho intramolecular Hbond substituents is 1. The van der Waals surface area contributed by atoms with Crippen molar-refractivity contribution in [2.24, 2.45) is 0 Å².